The maximum absolute atomic E-state index is 12.6. The SMILES string of the molecule is Cc1ccc(C(=O)NNC(=O)c2cccc(C(F)(F)F)c2)c(C)c1. The first-order chi connectivity index (χ1) is 11.2. The van der Waals surface area contributed by atoms with Crippen molar-refractivity contribution in [1.82, 2.24) is 10.9 Å². The van der Waals surface area contributed by atoms with Gasteiger partial charge in [0.1, 0.15) is 0 Å². The molecule has 0 aliphatic carbocycles. The van der Waals surface area contributed by atoms with E-state index in [0.29, 0.717) is 5.56 Å². The number of carbonyl (C=O) groups excluding carboxylic acids is 2. The third kappa shape index (κ3) is 4.13. The highest BCUT2D eigenvalue weighted by molar-refractivity contribution is 5.99. The highest BCUT2D eigenvalue weighted by Crippen LogP contribution is 2.29. The van der Waals surface area contributed by atoms with Gasteiger partial charge in [-0.3, -0.25) is 20.4 Å². The number of hydrogen-bond donors (Lipinski definition) is 2. The van der Waals surface area contributed by atoms with E-state index in [9.17, 15) is 22.8 Å². The fraction of sp³-hybridized carbons (Fsp3) is 0.176. The molecular weight excluding hydrogens is 321 g/mol. The Morgan fingerprint density at radius 3 is 2.21 bits per heavy atom. The summed E-state index contributed by atoms with van der Waals surface area (Å²) >= 11 is 0. The number of carbonyl (C=O) groups is 2. The zero-order valence-electron chi connectivity index (χ0n) is 13.0. The number of nitrogens with one attached hydrogen (secondary N) is 2. The molecule has 0 aliphatic rings. The molecule has 0 radical (unpaired) electrons. The second kappa shape index (κ2) is 6.74. The number of alkyl halides is 3. The monoisotopic (exact) mass is 336 g/mol. The van der Waals surface area contributed by atoms with Gasteiger partial charge in [0.15, 0.2) is 0 Å². The summed E-state index contributed by atoms with van der Waals surface area (Å²) < 4.78 is 37.9. The number of benzene rings is 2. The van der Waals surface area contributed by atoms with Crippen molar-refractivity contribution in [1.29, 1.82) is 0 Å². The molecule has 2 aromatic carbocycles. The Hall–Kier alpha value is -2.83. The summed E-state index contributed by atoms with van der Waals surface area (Å²) in [5, 5.41) is 0. The van der Waals surface area contributed by atoms with Gasteiger partial charge >= 0.3 is 6.18 Å². The Morgan fingerprint density at radius 1 is 0.917 bits per heavy atom. The highest BCUT2D eigenvalue weighted by Gasteiger charge is 2.30. The fourth-order valence-corrected chi connectivity index (χ4v) is 2.16. The van der Waals surface area contributed by atoms with Crippen LogP contribution >= 0.6 is 0 Å². The van der Waals surface area contributed by atoms with E-state index in [1.165, 1.54) is 6.07 Å². The van der Waals surface area contributed by atoms with Crippen LogP contribution in [0, 0.1) is 13.8 Å². The fourth-order valence-electron chi connectivity index (χ4n) is 2.16. The summed E-state index contributed by atoms with van der Waals surface area (Å²) in [7, 11) is 0. The molecule has 2 aromatic rings. The topological polar surface area (TPSA) is 58.2 Å². The van der Waals surface area contributed by atoms with Crippen molar-refractivity contribution in [3.05, 3.63) is 70.3 Å². The molecule has 2 N–H and O–H groups in total. The van der Waals surface area contributed by atoms with Crippen molar-refractivity contribution in [2.24, 2.45) is 0 Å². The summed E-state index contributed by atoms with van der Waals surface area (Å²) in [6.07, 6.45) is -4.54. The first kappa shape index (κ1) is 17.5. The second-order valence-corrected chi connectivity index (χ2v) is 5.31. The zero-order valence-corrected chi connectivity index (χ0v) is 13.0. The van der Waals surface area contributed by atoms with Crippen molar-refractivity contribution in [3.8, 4) is 0 Å². The van der Waals surface area contributed by atoms with Crippen LogP contribution in [0.5, 0.6) is 0 Å². The normalized spacial score (nSPS) is 11.0. The lowest BCUT2D eigenvalue weighted by Crippen LogP contribution is -2.41. The molecule has 0 saturated carbocycles. The molecule has 7 heteroatoms. The van der Waals surface area contributed by atoms with Crippen LogP contribution < -0.4 is 10.9 Å². The van der Waals surface area contributed by atoms with Gasteiger partial charge in [0, 0.05) is 11.1 Å². The van der Waals surface area contributed by atoms with Crippen LogP contribution in [0.1, 0.15) is 37.4 Å². The molecule has 0 spiro atoms. The summed E-state index contributed by atoms with van der Waals surface area (Å²) in [6, 6.07) is 9.11. The van der Waals surface area contributed by atoms with Crippen molar-refractivity contribution >= 4 is 11.8 Å². The predicted molar refractivity (Wildman–Crippen MR) is 82.3 cm³/mol. The van der Waals surface area contributed by atoms with Crippen LogP contribution in [-0.4, -0.2) is 11.8 Å². The van der Waals surface area contributed by atoms with Crippen LogP contribution in [0.15, 0.2) is 42.5 Å². The molecule has 0 unspecified atom stereocenters. The van der Waals surface area contributed by atoms with E-state index in [2.05, 4.69) is 10.9 Å². The number of rotatable bonds is 2. The first-order valence-electron chi connectivity index (χ1n) is 7.03. The van der Waals surface area contributed by atoms with E-state index in [4.69, 9.17) is 0 Å². The summed E-state index contributed by atoms with van der Waals surface area (Å²) in [6.45, 7) is 3.63. The molecule has 0 fully saturated rings. The lowest BCUT2D eigenvalue weighted by molar-refractivity contribution is -0.137. The van der Waals surface area contributed by atoms with Crippen molar-refractivity contribution in [2.75, 3.05) is 0 Å². The van der Waals surface area contributed by atoms with Crippen molar-refractivity contribution in [2.45, 2.75) is 20.0 Å². The van der Waals surface area contributed by atoms with Gasteiger partial charge in [-0.05, 0) is 43.7 Å². The van der Waals surface area contributed by atoms with E-state index in [-0.39, 0.29) is 5.56 Å². The third-order valence-corrected chi connectivity index (χ3v) is 3.37. The van der Waals surface area contributed by atoms with Gasteiger partial charge in [0.05, 0.1) is 5.56 Å². The van der Waals surface area contributed by atoms with Crippen LogP contribution in [0.4, 0.5) is 13.2 Å². The molecule has 0 aliphatic heterocycles. The third-order valence-electron chi connectivity index (χ3n) is 3.37. The standard InChI is InChI=1S/C17H15F3N2O2/c1-10-6-7-14(11(2)8-10)16(24)22-21-15(23)12-4-3-5-13(9-12)17(18,19)20/h3-9H,1-2H3,(H,21,23)(H,22,24). The van der Waals surface area contributed by atoms with Crippen molar-refractivity contribution < 1.29 is 22.8 Å². The molecule has 0 heterocycles. The minimum atomic E-state index is -4.54. The number of amides is 2. The van der Waals surface area contributed by atoms with Gasteiger partial charge in [-0.15, -0.1) is 0 Å². The molecule has 2 rings (SSSR count). The quantitative estimate of drug-likeness (QED) is 0.826. The summed E-state index contributed by atoms with van der Waals surface area (Å²) in [5.74, 6) is -1.38. The second-order valence-electron chi connectivity index (χ2n) is 5.31. The van der Waals surface area contributed by atoms with Gasteiger partial charge < -0.3 is 0 Å². The Morgan fingerprint density at radius 2 is 1.58 bits per heavy atom. The van der Waals surface area contributed by atoms with E-state index in [0.717, 1.165) is 29.3 Å². The minimum absolute atomic E-state index is 0.203. The Labute approximate surface area is 136 Å². The van der Waals surface area contributed by atoms with Gasteiger partial charge in [-0.25, -0.2) is 0 Å². The molecule has 2 amide bonds. The first-order valence-corrected chi connectivity index (χ1v) is 7.03. The molecule has 126 valence electrons. The maximum Gasteiger partial charge on any atom is 0.416 e. The van der Waals surface area contributed by atoms with Crippen LogP contribution in [0.25, 0.3) is 0 Å². The molecule has 24 heavy (non-hydrogen) atoms. The number of halogens is 3. The Balaban J connectivity index is 2.07. The Kier molecular flexibility index (Phi) is 4.92. The van der Waals surface area contributed by atoms with E-state index >= 15 is 0 Å². The van der Waals surface area contributed by atoms with Crippen LogP contribution in [0.2, 0.25) is 0 Å². The number of hydrogen-bond acceptors (Lipinski definition) is 2. The van der Waals surface area contributed by atoms with Gasteiger partial charge in [0.2, 0.25) is 0 Å². The Bertz CT molecular complexity index is 786. The van der Waals surface area contributed by atoms with Crippen LogP contribution in [-0.2, 0) is 6.18 Å². The lowest BCUT2D eigenvalue weighted by Gasteiger charge is -2.11. The van der Waals surface area contributed by atoms with E-state index in [1.807, 2.05) is 13.0 Å². The maximum atomic E-state index is 12.6. The molecule has 0 atom stereocenters. The van der Waals surface area contributed by atoms with Gasteiger partial charge in [0.25, 0.3) is 11.8 Å². The minimum Gasteiger partial charge on any atom is -0.267 e. The molecular formula is C17H15F3N2O2. The van der Waals surface area contributed by atoms with Crippen LogP contribution in [0.3, 0.4) is 0 Å². The number of aryl methyl sites for hydroxylation is 2. The van der Waals surface area contributed by atoms with Crippen molar-refractivity contribution in [3.63, 3.8) is 0 Å². The average Bonchev–Trinajstić information content (AvgIpc) is 2.51. The summed E-state index contributed by atoms with van der Waals surface area (Å²) in [5.41, 5.74) is 5.24. The lowest BCUT2D eigenvalue weighted by atomic mass is 10.1. The molecule has 0 aromatic heterocycles. The average molecular weight is 336 g/mol. The summed E-state index contributed by atoms with van der Waals surface area (Å²) in [4.78, 5) is 23.9. The largest absolute Gasteiger partial charge is 0.416 e. The molecule has 0 bridgehead atoms. The predicted octanol–water partition coefficient (Wildman–Crippen LogP) is 3.40. The van der Waals surface area contributed by atoms with E-state index < -0.39 is 23.6 Å². The zero-order chi connectivity index (χ0) is 17.9. The molecule has 0 saturated heterocycles. The van der Waals surface area contributed by atoms with E-state index in [1.54, 1.807) is 19.1 Å². The van der Waals surface area contributed by atoms with Gasteiger partial charge in [-0.1, -0.05) is 23.8 Å². The highest BCUT2D eigenvalue weighted by atomic mass is 19.4. The smallest absolute Gasteiger partial charge is 0.267 e. The number of hydrazine groups is 1. The van der Waals surface area contributed by atoms with Gasteiger partial charge in [-0.2, -0.15) is 13.2 Å². The molecule has 4 nitrogen and oxygen atoms in total.